The molecule has 5 heterocycles. The van der Waals surface area contributed by atoms with Gasteiger partial charge in [-0.2, -0.15) is 0 Å². The van der Waals surface area contributed by atoms with Crippen molar-refractivity contribution < 1.29 is 14.3 Å². The van der Waals surface area contributed by atoms with Crippen LogP contribution in [0.1, 0.15) is 53.2 Å². The van der Waals surface area contributed by atoms with E-state index in [1.165, 1.54) is 0 Å². The number of ether oxygens (including phenoxy) is 1. The third-order valence-corrected chi connectivity index (χ3v) is 6.41. The van der Waals surface area contributed by atoms with E-state index < -0.39 is 0 Å². The zero-order valence-electron chi connectivity index (χ0n) is 19.3. The zero-order valence-corrected chi connectivity index (χ0v) is 19.3. The number of aryl methyl sites for hydroxylation is 1. The van der Waals surface area contributed by atoms with Crippen LogP contribution in [0.25, 0.3) is 11.5 Å². The highest BCUT2D eigenvalue weighted by molar-refractivity contribution is 6.02. The molecule has 2 amide bonds. The summed E-state index contributed by atoms with van der Waals surface area (Å²) < 4.78 is 7.12. The molecule has 2 aliphatic heterocycles. The zero-order chi connectivity index (χ0) is 23.7. The van der Waals surface area contributed by atoms with Crippen molar-refractivity contribution in [1.29, 1.82) is 0 Å². The number of amides is 2. The molecule has 2 aliphatic rings. The fourth-order valence-electron chi connectivity index (χ4n) is 4.53. The van der Waals surface area contributed by atoms with Crippen molar-refractivity contribution in [1.82, 2.24) is 29.6 Å². The molecule has 1 N–H and O–H groups in total. The molecule has 3 aromatic heterocycles. The minimum Gasteiger partial charge on any atom is -0.384 e. The molecule has 10 nitrogen and oxygen atoms in total. The number of anilines is 1. The molecule has 0 aliphatic carbocycles. The van der Waals surface area contributed by atoms with Crippen molar-refractivity contribution in [3.05, 3.63) is 53.1 Å². The van der Waals surface area contributed by atoms with E-state index >= 15 is 0 Å². The molecule has 0 radical (unpaired) electrons. The Morgan fingerprint density at radius 2 is 2.09 bits per heavy atom. The van der Waals surface area contributed by atoms with Crippen LogP contribution in [0.4, 0.5) is 5.82 Å². The Balaban J connectivity index is 1.31. The quantitative estimate of drug-likeness (QED) is 0.599. The molecular formula is C24H27N7O3. The number of fused-ring (bicyclic) bond motifs is 2. The highest BCUT2D eigenvalue weighted by Crippen LogP contribution is 2.30. The van der Waals surface area contributed by atoms with E-state index in [2.05, 4.69) is 37.0 Å². The van der Waals surface area contributed by atoms with Gasteiger partial charge in [-0.1, -0.05) is 6.07 Å². The number of nitrogens with one attached hydrogen (secondary N) is 1. The van der Waals surface area contributed by atoms with Gasteiger partial charge in [-0.3, -0.25) is 14.6 Å². The normalized spacial score (nSPS) is 16.8. The fraction of sp³-hybridized carbons (Fsp3) is 0.417. The van der Waals surface area contributed by atoms with Crippen molar-refractivity contribution in [2.45, 2.75) is 45.2 Å². The van der Waals surface area contributed by atoms with Crippen LogP contribution in [0.3, 0.4) is 0 Å². The predicted octanol–water partition coefficient (Wildman–Crippen LogP) is 2.42. The number of nitrogens with zero attached hydrogens (tertiary/aromatic N) is 6. The second-order valence-electron chi connectivity index (χ2n) is 8.71. The van der Waals surface area contributed by atoms with Crippen molar-refractivity contribution in [3.8, 4) is 11.5 Å². The Kier molecular flexibility index (Phi) is 6.06. The van der Waals surface area contributed by atoms with E-state index in [4.69, 9.17) is 4.74 Å². The molecule has 0 unspecified atom stereocenters. The number of hydrogen-bond acceptors (Lipinski definition) is 7. The maximum atomic E-state index is 12.9. The van der Waals surface area contributed by atoms with Crippen molar-refractivity contribution in [3.63, 3.8) is 0 Å². The van der Waals surface area contributed by atoms with E-state index in [0.29, 0.717) is 55.9 Å². The minimum atomic E-state index is -0.352. The summed E-state index contributed by atoms with van der Waals surface area (Å²) in [5, 5.41) is 11.4. The molecular weight excluding hydrogens is 434 g/mol. The molecule has 0 fully saturated rings. The second kappa shape index (κ2) is 9.30. The molecule has 34 heavy (non-hydrogen) atoms. The van der Waals surface area contributed by atoms with Crippen LogP contribution in [0.15, 0.2) is 30.5 Å². The van der Waals surface area contributed by atoms with Crippen LogP contribution in [0.2, 0.25) is 0 Å². The van der Waals surface area contributed by atoms with E-state index in [0.717, 1.165) is 29.8 Å². The second-order valence-corrected chi connectivity index (χ2v) is 8.71. The number of pyridine rings is 2. The number of hydrogen-bond donors (Lipinski definition) is 1. The first-order valence-electron chi connectivity index (χ1n) is 11.5. The van der Waals surface area contributed by atoms with E-state index in [9.17, 15) is 9.59 Å². The van der Waals surface area contributed by atoms with E-state index in [1.54, 1.807) is 30.3 Å². The lowest BCUT2D eigenvalue weighted by Crippen LogP contribution is -2.36. The molecule has 1 atom stereocenters. The number of carbonyl (C=O) groups is 2. The Morgan fingerprint density at radius 1 is 1.21 bits per heavy atom. The SMILES string of the molecule is COCCC(=O)N1CCc2cnc(C(=O)Nc3cccc(-c4nnc5n4[C@H](C)CC5)n3)cc2C1. The van der Waals surface area contributed by atoms with Gasteiger partial charge < -0.3 is 19.5 Å². The molecule has 0 aromatic carbocycles. The molecule has 10 heteroatoms. The summed E-state index contributed by atoms with van der Waals surface area (Å²) in [5.41, 5.74) is 2.94. The van der Waals surface area contributed by atoms with Crippen LogP contribution in [0, 0.1) is 0 Å². The molecule has 0 saturated heterocycles. The molecule has 5 rings (SSSR count). The molecule has 176 valence electrons. The summed E-state index contributed by atoms with van der Waals surface area (Å²) >= 11 is 0. The highest BCUT2D eigenvalue weighted by atomic mass is 16.5. The summed E-state index contributed by atoms with van der Waals surface area (Å²) in [5.74, 6) is 1.79. The van der Waals surface area contributed by atoms with Crippen LogP contribution in [-0.4, -0.2) is 61.7 Å². The summed E-state index contributed by atoms with van der Waals surface area (Å²) in [6.07, 6.45) is 4.73. The Morgan fingerprint density at radius 3 is 2.94 bits per heavy atom. The van der Waals surface area contributed by atoms with Crippen LogP contribution in [-0.2, 0) is 28.9 Å². The third kappa shape index (κ3) is 4.28. The van der Waals surface area contributed by atoms with Crippen molar-refractivity contribution in [2.24, 2.45) is 0 Å². The number of carbonyl (C=O) groups excluding carboxylic acids is 2. The monoisotopic (exact) mass is 461 g/mol. The van der Waals surface area contributed by atoms with Gasteiger partial charge in [0.2, 0.25) is 5.91 Å². The van der Waals surface area contributed by atoms with Crippen molar-refractivity contribution >= 4 is 17.6 Å². The lowest BCUT2D eigenvalue weighted by atomic mass is 10.0. The topological polar surface area (TPSA) is 115 Å². The number of rotatable bonds is 6. The van der Waals surface area contributed by atoms with Crippen LogP contribution < -0.4 is 5.32 Å². The molecule has 0 bridgehead atoms. The first-order valence-corrected chi connectivity index (χ1v) is 11.5. The average Bonchev–Trinajstić information content (AvgIpc) is 3.45. The van der Waals surface area contributed by atoms with Crippen LogP contribution in [0.5, 0.6) is 0 Å². The van der Waals surface area contributed by atoms with Gasteiger partial charge in [0.1, 0.15) is 23.0 Å². The van der Waals surface area contributed by atoms with Gasteiger partial charge in [0.05, 0.1) is 13.0 Å². The van der Waals surface area contributed by atoms with Gasteiger partial charge in [-0.15, -0.1) is 10.2 Å². The summed E-state index contributed by atoms with van der Waals surface area (Å²) in [4.78, 5) is 36.1. The van der Waals surface area contributed by atoms with Crippen molar-refractivity contribution in [2.75, 3.05) is 25.6 Å². The summed E-state index contributed by atoms with van der Waals surface area (Å²) in [6.45, 7) is 3.65. The lowest BCUT2D eigenvalue weighted by molar-refractivity contribution is -0.133. The van der Waals surface area contributed by atoms with Gasteiger partial charge in [0.15, 0.2) is 5.82 Å². The maximum Gasteiger partial charge on any atom is 0.275 e. The standard InChI is InChI=1S/C24H27N7O3/c1-15-6-7-21-28-29-23(31(15)21)18-4-3-5-20(26-18)27-24(33)19-12-17-14-30(22(32)9-11-34-2)10-8-16(17)13-25-19/h3-5,12-13,15H,6-11,14H2,1-2H3,(H,26,27,33)/t15-/m1/s1. The summed E-state index contributed by atoms with van der Waals surface area (Å²) in [6, 6.07) is 7.52. The van der Waals surface area contributed by atoms with E-state index in [1.807, 2.05) is 12.1 Å². The largest absolute Gasteiger partial charge is 0.384 e. The Hall–Kier alpha value is -3.66. The van der Waals surface area contributed by atoms with Crippen LogP contribution >= 0.6 is 0 Å². The van der Waals surface area contributed by atoms with Gasteiger partial charge in [-0.25, -0.2) is 4.98 Å². The smallest absolute Gasteiger partial charge is 0.275 e. The van der Waals surface area contributed by atoms with E-state index in [-0.39, 0.29) is 17.5 Å². The number of methoxy groups -OCH3 is 1. The maximum absolute atomic E-state index is 12.9. The average molecular weight is 462 g/mol. The van der Waals surface area contributed by atoms with Gasteiger partial charge in [0, 0.05) is 38.9 Å². The lowest BCUT2D eigenvalue weighted by Gasteiger charge is -2.29. The van der Waals surface area contributed by atoms with Gasteiger partial charge in [-0.05, 0) is 49.1 Å². The molecule has 0 saturated carbocycles. The fourth-order valence-corrected chi connectivity index (χ4v) is 4.53. The Bertz CT molecular complexity index is 1240. The highest BCUT2D eigenvalue weighted by Gasteiger charge is 2.25. The molecule has 3 aromatic rings. The third-order valence-electron chi connectivity index (χ3n) is 6.41. The molecule has 0 spiro atoms. The predicted molar refractivity (Wildman–Crippen MR) is 124 cm³/mol. The minimum absolute atomic E-state index is 0.0469. The number of aromatic nitrogens is 5. The first kappa shape index (κ1) is 22.1. The summed E-state index contributed by atoms with van der Waals surface area (Å²) in [7, 11) is 1.58. The van der Waals surface area contributed by atoms with Gasteiger partial charge >= 0.3 is 0 Å². The Labute approximate surface area is 197 Å². The first-order chi connectivity index (χ1) is 16.5. The van der Waals surface area contributed by atoms with Gasteiger partial charge in [0.25, 0.3) is 5.91 Å².